The number of nitrogens with one attached hydrogen (secondary N) is 1. The molecule has 0 bridgehead atoms. The van der Waals surface area contributed by atoms with Crippen LogP contribution >= 0.6 is 11.6 Å². The fourth-order valence-corrected chi connectivity index (χ4v) is 2.20. The number of carbonyl (C=O) groups is 1. The summed E-state index contributed by atoms with van der Waals surface area (Å²) in [4.78, 5) is 13.5. The maximum atomic E-state index is 11.9. The van der Waals surface area contributed by atoms with E-state index < -0.39 is 0 Å². The number of carbonyl (C=O) groups excluding carboxylic acids is 1. The van der Waals surface area contributed by atoms with Crippen molar-refractivity contribution in [2.24, 2.45) is 5.92 Å². The molecule has 1 N–H and O–H groups in total. The number of hydrogen-bond acceptors (Lipinski definition) is 2. The summed E-state index contributed by atoms with van der Waals surface area (Å²) in [6, 6.07) is 5.54. The normalized spacial score (nSPS) is 15.1. The molecule has 0 aromatic heterocycles. The fraction of sp³-hybridized carbons (Fsp3) is 0.500. The predicted octanol–water partition coefficient (Wildman–Crippen LogP) is 3.25. The minimum absolute atomic E-state index is 0.0627. The van der Waals surface area contributed by atoms with Crippen LogP contribution in [0.1, 0.15) is 29.6 Å². The van der Waals surface area contributed by atoms with Gasteiger partial charge in [0.25, 0.3) is 5.91 Å². The molecular weight excluding hydrogens is 248 g/mol. The summed E-state index contributed by atoms with van der Waals surface area (Å²) in [5.41, 5.74) is 1.52. The van der Waals surface area contributed by atoms with E-state index in [1.807, 2.05) is 12.1 Å². The van der Waals surface area contributed by atoms with Crippen LogP contribution in [0.3, 0.4) is 0 Å². The fourth-order valence-electron chi connectivity index (χ4n) is 2.00. The highest BCUT2D eigenvalue weighted by Crippen LogP contribution is 2.27. The summed E-state index contributed by atoms with van der Waals surface area (Å²) in [5, 5.41) is 3.88. The number of anilines is 1. The van der Waals surface area contributed by atoms with Crippen molar-refractivity contribution in [1.82, 2.24) is 4.90 Å². The van der Waals surface area contributed by atoms with E-state index >= 15 is 0 Å². The highest BCUT2D eigenvalue weighted by atomic mass is 35.5. The SMILES string of the molecule is CN(C)C(=O)c1cc(NCC2CCC2)ccc1Cl. The molecule has 18 heavy (non-hydrogen) atoms. The summed E-state index contributed by atoms with van der Waals surface area (Å²) in [7, 11) is 3.46. The highest BCUT2D eigenvalue weighted by molar-refractivity contribution is 6.34. The Balaban J connectivity index is 2.07. The van der Waals surface area contributed by atoms with Crippen LogP contribution in [0.4, 0.5) is 5.69 Å². The zero-order chi connectivity index (χ0) is 13.1. The molecule has 0 atom stereocenters. The molecule has 0 radical (unpaired) electrons. The van der Waals surface area contributed by atoms with Gasteiger partial charge < -0.3 is 10.2 Å². The number of benzene rings is 1. The molecule has 1 amide bonds. The number of halogens is 1. The first kappa shape index (κ1) is 13.2. The lowest BCUT2D eigenvalue weighted by molar-refractivity contribution is 0.0828. The van der Waals surface area contributed by atoms with E-state index in [1.54, 1.807) is 20.2 Å². The van der Waals surface area contributed by atoms with Gasteiger partial charge in [0, 0.05) is 26.3 Å². The van der Waals surface area contributed by atoms with E-state index in [1.165, 1.54) is 24.2 Å². The molecule has 0 aliphatic heterocycles. The lowest BCUT2D eigenvalue weighted by atomic mass is 9.85. The Hall–Kier alpha value is -1.22. The summed E-state index contributed by atoms with van der Waals surface area (Å²) >= 11 is 6.06. The summed E-state index contributed by atoms with van der Waals surface area (Å²) < 4.78 is 0. The second-order valence-corrected chi connectivity index (χ2v) is 5.48. The zero-order valence-corrected chi connectivity index (χ0v) is 11.6. The smallest absolute Gasteiger partial charge is 0.254 e. The van der Waals surface area contributed by atoms with Gasteiger partial charge in [-0.3, -0.25) is 4.79 Å². The van der Waals surface area contributed by atoms with E-state index in [0.717, 1.165) is 18.2 Å². The van der Waals surface area contributed by atoms with Gasteiger partial charge in [0.1, 0.15) is 0 Å². The lowest BCUT2D eigenvalue weighted by Crippen LogP contribution is -2.23. The van der Waals surface area contributed by atoms with Gasteiger partial charge in [0.05, 0.1) is 10.6 Å². The van der Waals surface area contributed by atoms with Crippen LogP contribution in [-0.4, -0.2) is 31.4 Å². The van der Waals surface area contributed by atoms with Crippen molar-refractivity contribution in [1.29, 1.82) is 0 Å². The third-order valence-corrected chi connectivity index (χ3v) is 3.75. The molecule has 1 aliphatic carbocycles. The van der Waals surface area contributed by atoms with Gasteiger partial charge in [0.15, 0.2) is 0 Å². The Labute approximate surface area is 113 Å². The number of hydrogen-bond donors (Lipinski definition) is 1. The average Bonchev–Trinajstić information content (AvgIpc) is 2.28. The molecule has 1 aliphatic rings. The zero-order valence-electron chi connectivity index (χ0n) is 10.9. The van der Waals surface area contributed by atoms with E-state index in [4.69, 9.17) is 11.6 Å². The Bertz CT molecular complexity index is 441. The predicted molar refractivity (Wildman–Crippen MR) is 75.3 cm³/mol. The Kier molecular flexibility index (Phi) is 4.12. The van der Waals surface area contributed by atoms with Crippen LogP contribution in [0.5, 0.6) is 0 Å². The van der Waals surface area contributed by atoms with E-state index in [2.05, 4.69) is 5.32 Å². The third kappa shape index (κ3) is 2.96. The molecule has 0 spiro atoms. The molecule has 1 aromatic carbocycles. The number of nitrogens with zero attached hydrogens (tertiary/aromatic N) is 1. The second-order valence-electron chi connectivity index (χ2n) is 5.07. The van der Waals surface area contributed by atoms with Crippen molar-refractivity contribution in [3.8, 4) is 0 Å². The summed E-state index contributed by atoms with van der Waals surface area (Å²) in [5.74, 6) is 0.723. The van der Waals surface area contributed by atoms with Gasteiger partial charge in [-0.05, 0) is 37.0 Å². The van der Waals surface area contributed by atoms with Crippen LogP contribution in [0.2, 0.25) is 5.02 Å². The average molecular weight is 267 g/mol. The van der Waals surface area contributed by atoms with Gasteiger partial charge in [-0.25, -0.2) is 0 Å². The molecule has 1 aromatic rings. The lowest BCUT2D eigenvalue weighted by Gasteiger charge is -2.26. The van der Waals surface area contributed by atoms with Crippen LogP contribution in [0.15, 0.2) is 18.2 Å². The number of rotatable bonds is 4. The summed E-state index contributed by atoms with van der Waals surface area (Å²) in [6.07, 6.45) is 3.96. The molecule has 0 unspecified atom stereocenters. The van der Waals surface area contributed by atoms with Crippen LogP contribution in [-0.2, 0) is 0 Å². The first-order valence-electron chi connectivity index (χ1n) is 6.33. The monoisotopic (exact) mass is 266 g/mol. The van der Waals surface area contributed by atoms with Crippen molar-refractivity contribution < 1.29 is 4.79 Å². The van der Waals surface area contributed by atoms with E-state index in [-0.39, 0.29) is 5.91 Å². The molecule has 98 valence electrons. The topological polar surface area (TPSA) is 32.3 Å². The highest BCUT2D eigenvalue weighted by Gasteiger charge is 2.17. The Morgan fingerprint density at radius 3 is 2.72 bits per heavy atom. The molecular formula is C14H19ClN2O. The van der Waals surface area contributed by atoms with Gasteiger partial charge in [0.2, 0.25) is 0 Å². The minimum atomic E-state index is -0.0627. The molecule has 0 saturated heterocycles. The van der Waals surface area contributed by atoms with Gasteiger partial charge in [-0.2, -0.15) is 0 Å². The Morgan fingerprint density at radius 2 is 2.17 bits per heavy atom. The minimum Gasteiger partial charge on any atom is -0.385 e. The largest absolute Gasteiger partial charge is 0.385 e. The van der Waals surface area contributed by atoms with Gasteiger partial charge in [-0.15, -0.1) is 0 Å². The Morgan fingerprint density at radius 1 is 1.44 bits per heavy atom. The molecule has 1 fully saturated rings. The van der Waals surface area contributed by atoms with Crippen molar-refractivity contribution in [2.45, 2.75) is 19.3 Å². The van der Waals surface area contributed by atoms with Crippen molar-refractivity contribution in [3.05, 3.63) is 28.8 Å². The number of amides is 1. The molecule has 0 heterocycles. The van der Waals surface area contributed by atoms with Crippen LogP contribution < -0.4 is 5.32 Å². The molecule has 4 heteroatoms. The summed E-state index contributed by atoms with van der Waals surface area (Å²) in [6.45, 7) is 0.983. The standard InChI is InChI=1S/C14H19ClN2O/c1-17(2)14(18)12-8-11(6-7-13(12)15)16-9-10-4-3-5-10/h6-8,10,16H,3-5,9H2,1-2H3. The van der Waals surface area contributed by atoms with Gasteiger partial charge >= 0.3 is 0 Å². The van der Waals surface area contributed by atoms with Gasteiger partial charge in [-0.1, -0.05) is 18.0 Å². The van der Waals surface area contributed by atoms with Crippen molar-refractivity contribution in [3.63, 3.8) is 0 Å². The third-order valence-electron chi connectivity index (χ3n) is 3.42. The van der Waals surface area contributed by atoms with Crippen molar-refractivity contribution >= 4 is 23.2 Å². The molecule has 3 nitrogen and oxygen atoms in total. The second kappa shape index (κ2) is 5.61. The maximum Gasteiger partial charge on any atom is 0.254 e. The van der Waals surface area contributed by atoms with Crippen molar-refractivity contribution in [2.75, 3.05) is 26.0 Å². The first-order chi connectivity index (χ1) is 8.58. The van der Waals surface area contributed by atoms with E-state index in [0.29, 0.717) is 10.6 Å². The van der Waals surface area contributed by atoms with Crippen LogP contribution in [0, 0.1) is 5.92 Å². The molecule has 2 rings (SSSR count). The first-order valence-corrected chi connectivity index (χ1v) is 6.71. The quantitative estimate of drug-likeness (QED) is 0.907. The maximum absolute atomic E-state index is 11.9. The van der Waals surface area contributed by atoms with E-state index in [9.17, 15) is 4.79 Å². The molecule has 1 saturated carbocycles. The van der Waals surface area contributed by atoms with Crippen LogP contribution in [0.25, 0.3) is 0 Å².